The number of aliphatic hydroxyl groups is 2. The molecule has 0 saturated heterocycles. The summed E-state index contributed by atoms with van der Waals surface area (Å²) < 4.78 is 3.69. The minimum absolute atomic E-state index is 0.139. The lowest BCUT2D eigenvalue weighted by molar-refractivity contribution is 0.266. The van der Waals surface area contributed by atoms with Crippen LogP contribution in [-0.4, -0.2) is 61.9 Å². The second-order valence-electron chi connectivity index (χ2n) is 1.54. The molecule has 8 heteroatoms. The van der Waals surface area contributed by atoms with Crippen LogP contribution in [0.15, 0.2) is 0 Å². The molecule has 0 aromatic heterocycles. The molecular weight excluding hydrogens is 164 g/mol. The summed E-state index contributed by atoms with van der Waals surface area (Å²) in [4.78, 5) is 0. The van der Waals surface area contributed by atoms with Crippen molar-refractivity contribution in [1.82, 2.24) is 5.32 Å². The molecule has 5 N–H and O–H groups in total. The molecule has 0 spiro atoms. The summed E-state index contributed by atoms with van der Waals surface area (Å²) >= 11 is 0. The topological polar surface area (TPSA) is 102 Å². The van der Waals surface area contributed by atoms with Crippen molar-refractivity contribution in [3.63, 3.8) is 0 Å². The van der Waals surface area contributed by atoms with Crippen LogP contribution in [0.2, 0.25) is 0 Å². The molecule has 12 heavy (non-hydrogen) atoms. The number of rotatable bonds is 6. The van der Waals surface area contributed by atoms with Crippen LogP contribution in [0.25, 0.3) is 0 Å². The maximum Gasteiger partial charge on any atom is 0.469 e. The Labute approximate surface area is 72.8 Å². The first-order valence-electron chi connectivity index (χ1n) is 3.33. The Kier molecular flexibility index (Phi) is 20.6. The number of hydrogen-bond donors (Lipinski definition) is 5. The lowest BCUT2D eigenvalue weighted by atomic mass is 10.3. The van der Waals surface area contributed by atoms with Crippen molar-refractivity contribution in [2.75, 3.05) is 26.3 Å². The molecule has 0 aliphatic heterocycles. The molecule has 0 rings (SSSR count). The zero-order valence-corrected chi connectivity index (χ0v) is 6.68. The molecule has 6 nitrogen and oxygen atoms in total. The van der Waals surface area contributed by atoms with Crippen molar-refractivity contribution in [2.24, 2.45) is 0 Å². The smallest absolute Gasteiger partial charge is 0.456 e. The fraction of sp³-hybridized carbons (Fsp3) is 1.00. The first-order valence-corrected chi connectivity index (χ1v) is 3.33. The van der Waals surface area contributed by atoms with Gasteiger partial charge in [0.15, 0.2) is 0 Å². The van der Waals surface area contributed by atoms with Crippen LogP contribution in [-0.2, 0) is 4.57 Å². The SMILES string of the molecule is OCCNCCO.O[B]O[B]O. The molecule has 0 unspecified atom stereocenters. The van der Waals surface area contributed by atoms with Crippen molar-refractivity contribution in [3.05, 3.63) is 0 Å². The van der Waals surface area contributed by atoms with Gasteiger partial charge in [0.2, 0.25) is 0 Å². The summed E-state index contributed by atoms with van der Waals surface area (Å²) in [5.74, 6) is 0. The number of aliphatic hydroxyl groups excluding tert-OH is 2. The lowest BCUT2D eigenvalue weighted by Crippen LogP contribution is -2.21. The summed E-state index contributed by atoms with van der Waals surface area (Å²) in [6.45, 7) is 1.42. The second-order valence-corrected chi connectivity index (χ2v) is 1.54. The maximum absolute atomic E-state index is 8.15. The standard InChI is InChI=1S/C4H11NO2.B2H2O3/c6-3-1-5-2-4-7;3-1-5-2-4/h5-7H,1-4H2;3-4H. The van der Waals surface area contributed by atoms with Crippen molar-refractivity contribution in [2.45, 2.75) is 0 Å². The van der Waals surface area contributed by atoms with Crippen LogP contribution in [0.5, 0.6) is 0 Å². The summed E-state index contributed by atoms with van der Waals surface area (Å²) in [7, 11) is 0.750. The van der Waals surface area contributed by atoms with Crippen molar-refractivity contribution < 1.29 is 24.8 Å². The maximum atomic E-state index is 8.15. The van der Waals surface area contributed by atoms with Crippen molar-refractivity contribution in [1.29, 1.82) is 0 Å². The van der Waals surface area contributed by atoms with Gasteiger partial charge < -0.3 is 30.1 Å². The van der Waals surface area contributed by atoms with Gasteiger partial charge in [0.05, 0.1) is 13.2 Å². The van der Waals surface area contributed by atoms with E-state index < -0.39 is 0 Å². The highest BCUT2D eigenvalue weighted by Gasteiger charge is 1.81. The fourth-order valence-electron chi connectivity index (χ4n) is 0.310. The molecule has 0 atom stereocenters. The molecule has 0 saturated carbocycles. The Hall–Kier alpha value is -0.110. The molecule has 0 aliphatic carbocycles. The zero-order valence-electron chi connectivity index (χ0n) is 6.68. The molecule has 0 fully saturated rings. The van der Waals surface area contributed by atoms with Gasteiger partial charge in [0, 0.05) is 13.1 Å². The van der Waals surface area contributed by atoms with Gasteiger partial charge in [-0.2, -0.15) is 0 Å². The molecule has 70 valence electrons. The normalized spacial score (nSPS) is 8.33. The van der Waals surface area contributed by atoms with Gasteiger partial charge in [0.1, 0.15) is 0 Å². The molecule has 2 radical (unpaired) electrons. The van der Waals surface area contributed by atoms with Crippen LogP contribution in [0.1, 0.15) is 0 Å². The Morgan fingerprint density at radius 1 is 1.00 bits per heavy atom. The van der Waals surface area contributed by atoms with Gasteiger partial charge in [-0.05, 0) is 0 Å². The number of nitrogens with one attached hydrogen (secondary N) is 1. The number of hydrogen-bond acceptors (Lipinski definition) is 6. The van der Waals surface area contributed by atoms with E-state index in [0.29, 0.717) is 28.5 Å². The third-order valence-electron chi connectivity index (χ3n) is 0.699. The van der Waals surface area contributed by atoms with Crippen molar-refractivity contribution >= 4 is 15.4 Å². The average Bonchev–Trinajstić information content (AvgIpc) is 2.08. The summed E-state index contributed by atoms with van der Waals surface area (Å²) in [6, 6.07) is 0. The van der Waals surface area contributed by atoms with Crippen molar-refractivity contribution in [3.8, 4) is 0 Å². The molecule has 0 aromatic carbocycles. The summed E-state index contributed by atoms with van der Waals surface area (Å²) in [5.41, 5.74) is 0. The Morgan fingerprint density at radius 3 is 1.58 bits per heavy atom. The van der Waals surface area contributed by atoms with E-state index in [1.165, 1.54) is 0 Å². The van der Waals surface area contributed by atoms with Gasteiger partial charge in [0.25, 0.3) is 0 Å². The van der Waals surface area contributed by atoms with Crippen LogP contribution in [0.4, 0.5) is 0 Å². The third-order valence-corrected chi connectivity index (χ3v) is 0.699. The predicted octanol–water partition coefficient (Wildman–Crippen LogP) is -3.38. The van der Waals surface area contributed by atoms with Gasteiger partial charge in [-0.25, -0.2) is 0 Å². The van der Waals surface area contributed by atoms with Crippen LogP contribution < -0.4 is 5.32 Å². The molecular formula is C4H13B2NO5. The highest BCUT2D eigenvalue weighted by molar-refractivity contribution is 6.32. The highest BCUT2D eigenvalue weighted by Crippen LogP contribution is 1.54. The predicted molar refractivity (Wildman–Crippen MR) is 44.1 cm³/mol. The van der Waals surface area contributed by atoms with E-state index in [1.807, 2.05) is 0 Å². The quantitative estimate of drug-likeness (QED) is 0.214. The molecule has 0 amide bonds. The summed E-state index contributed by atoms with van der Waals surface area (Å²) in [6.07, 6.45) is 0. The van der Waals surface area contributed by atoms with Crippen LogP contribution in [0.3, 0.4) is 0 Å². The van der Waals surface area contributed by atoms with Gasteiger partial charge >= 0.3 is 15.4 Å². The van der Waals surface area contributed by atoms with E-state index in [4.69, 9.17) is 20.3 Å². The van der Waals surface area contributed by atoms with E-state index in [9.17, 15) is 0 Å². The molecule has 0 bridgehead atoms. The molecule has 0 aliphatic rings. The first-order chi connectivity index (χ1) is 5.83. The van der Waals surface area contributed by atoms with E-state index in [0.717, 1.165) is 0 Å². The third kappa shape index (κ3) is 22.5. The first kappa shape index (κ1) is 14.4. The van der Waals surface area contributed by atoms with Crippen LogP contribution in [0, 0.1) is 0 Å². The van der Waals surface area contributed by atoms with E-state index in [1.54, 1.807) is 0 Å². The largest absolute Gasteiger partial charge is 0.469 e. The Bertz CT molecular complexity index is 63.4. The fourth-order valence-corrected chi connectivity index (χ4v) is 0.310. The Balaban J connectivity index is 0. The average molecular weight is 177 g/mol. The minimum Gasteiger partial charge on any atom is -0.456 e. The molecule has 0 heterocycles. The summed E-state index contributed by atoms with van der Waals surface area (Å²) in [5, 5.41) is 34.1. The van der Waals surface area contributed by atoms with E-state index >= 15 is 0 Å². The van der Waals surface area contributed by atoms with Gasteiger partial charge in [-0.1, -0.05) is 0 Å². The zero-order chi connectivity index (χ0) is 9.66. The van der Waals surface area contributed by atoms with Gasteiger partial charge in [-0.3, -0.25) is 0 Å². The lowest BCUT2D eigenvalue weighted by Gasteiger charge is -1.94. The highest BCUT2D eigenvalue weighted by atomic mass is 16.5. The van der Waals surface area contributed by atoms with Crippen LogP contribution >= 0.6 is 0 Å². The second kappa shape index (κ2) is 17.1. The Morgan fingerprint density at radius 2 is 1.42 bits per heavy atom. The van der Waals surface area contributed by atoms with E-state index in [-0.39, 0.29) is 13.2 Å². The minimum atomic E-state index is 0.139. The van der Waals surface area contributed by atoms with Gasteiger partial charge in [-0.15, -0.1) is 0 Å². The monoisotopic (exact) mass is 177 g/mol. The van der Waals surface area contributed by atoms with E-state index in [2.05, 4.69) is 9.89 Å². The molecule has 0 aromatic rings.